The number of ether oxygens (including phenoxy) is 1. The van der Waals surface area contributed by atoms with Gasteiger partial charge in [0.05, 0.1) is 12.6 Å². The van der Waals surface area contributed by atoms with Crippen LogP contribution in [0, 0.1) is 11.8 Å². The van der Waals surface area contributed by atoms with Crippen molar-refractivity contribution in [1.29, 1.82) is 0 Å². The Morgan fingerprint density at radius 3 is 2.53 bits per heavy atom. The molecule has 1 N–H and O–H groups in total. The van der Waals surface area contributed by atoms with Crippen LogP contribution >= 0.6 is 0 Å². The van der Waals surface area contributed by atoms with Gasteiger partial charge in [-0.2, -0.15) is 0 Å². The van der Waals surface area contributed by atoms with Crippen LogP contribution in [0.15, 0.2) is 0 Å². The van der Waals surface area contributed by atoms with Crippen molar-refractivity contribution in [3.63, 3.8) is 0 Å². The minimum Gasteiger partial charge on any atom is -0.443 e. The first-order valence-electron chi connectivity index (χ1n) is 6.02. The molecule has 0 aromatic carbocycles. The lowest BCUT2D eigenvalue weighted by molar-refractivity contribution is -0.132. The summed E-state index contributed by atoms with van der Waals surface area (Å²) in [6.45, 7) is 5.10. The maximum Gasteiger partial charge on any atom is 0.417 e. The molecular formula is C12H19NO4. The van der Waals surface area contributed by atoms with Crippen LogP contribution < -0.4 is 0 Å². The molecule has 1 saturated carbocycles. The highest BCUT2D eigenvalue weighted by molar-refractivity contribution is 5.96. The fraction of sp³-hybridized carbons (Fsp3) is 0.833. The Bertz CT molecular complexity index is 347. The smallest absolute Gasteiger partial charge is 0.417 e. The van der Waals surface area contributed by atoms with E-state index < -0.39 is 17.7 Å². The number of aliphatic hydroxyl groups is 1. The first-order valence-corrected chi connectivity index (χ1v) is 6.02. The van der Waals surface area contributed by atoms with E-state index in [9.17, 15) is 14.7 Å². The highest BCUT2D eigenvalue weighted by atomic mass is 16.6. The Morgan fingerprint density at radius 1 is 1.47 bits per heavy atom. The molecule has 17 heavy (non-hydrogen) atoms. The van der Waals surface area contributed by atoms with Crippen LogP contribution in [0.5, 0.6) is 0 Å². The Morgan fingerprint density at radius 2 is 2.12 bits per heavy atom. The number of aliphatic hydroxyl groups excluding tert-OH is 1. The zero-order valence-corrected chi connectivity index (χ0v) is 10.5. The number of amides is 2. The molecule has 0 spiro atoms. The number of hydrogen-bond donors (Lipinski definition) is 1. The van der Waals surface area contributed by atoms with E-state index in [1.807, 2.05) is 0 Å². The normalized spacial score (nSPS) is 32.1. The highest BCUT2D eigenvalue weighted by Crippen LogP contribution is 2.45. The van der Waals surface area contributed by atoms with Crippen LogP contribution in [0.2, 0.25) is 0 Å². The lowest BCUT2D eigenvalue weighted by Gasteiger charge is -2.31. The Balaban J connectivity index is 2.13. The number of carbonyl (C=O) groups excluding carboxylic acids is 2. The average Bonchev–Trinajstić information content (AvgIpc) is 2.29. The Kier molecular flexibility index (Phi) is 2.89. The monoisotopic (exact) mass is 241 g/mol. The summed E-state index contributed by atoms with van der Waals surface area (Å²) in [7, 11) is 0. The Labute approximate surface area is 101 Å². The quantitative estimate of drug-likeness (QED) is 0.748. The molecule has 1 heterocycles. The van der Waals surface area contributed by atoms with Gasteiger partial charge in [-0.25, -0.2) is 9.69 Å². The van der Waals surface area contributed by atoms with E-state index in [1.165, 1.54) is 0 Å². The second-order valence-electron chi connectivity index (χ2n) is 5.79. The summed E-state index contributed by atoms with van der Waals surface area (Å²) in [5.41, 5.74) is -0.626. The summed E-state index contributed by atoms with van der Waals surface area (Å²) < 4.78 is 5.20. The number of hydrogen-bond acceptors (Lipinski definition) is 4. The second-order valence-corrected chi connectivity index (χ2v) is 5.79. The summed E-state index contributed by atoms with van der Waals surface area (Å²) in [5.74, 6) is -0.144. The van der Waals surface area contributed by atoms with E-state index in [2.05, 4.69) is 0 Å². The van der Waals surface area contributed by atoms with E-state index in [1.54, 1.807) is 20.8 Å². The molecule has 1 aliphatic heterocycles. The van der Waals surface area contributed by atoms with Crippen molar-refractivity contribution >= 4 is 12.0 Å². The van der Waals surface area contributed by atoms with Crippen molar-refractivity contribution in [1.82, 2.24) is 4.90 Å². The van der Waals surface area contributed by atoms with Gasteiger partial charge in [-0.15, -0.1) is 0 Å². The highest BCUT2D eigenvalue weighted by Gasteiger charge is 2.55. The van der Waals surface area contributed by atoms with Crippen molar-refractivity contribution in [2.75, 3.05) is 6.61 Å². The second kappa shape index (κ2) is 3.98. The van der Waals surface area contributed by atoms with E-state index in [0.717, 1.165) is 17.7 Å². The molecule has 2 amide bonds. The van der Waals surface area contributed by atoms with Crippen molar-refractivity contribution in [3.05, 3.63) is 0 Å². The third kappa shape index (κ3) is 2.04. The van der Waals surface area contributed by atoms with E-state index >= 15 is 0 Å². The first kappa shape index (κ1) is 12.4. The molecular weight excluding hydrogens is 222 g/mol. The van der Waals surface area contributed by atoms with Gasteiger partial charge < -0.3 is 9.84 Å². The number of imide groups is 1. The minimum atomic E-state index is -0.629. The van der Waals surface area contributed by atoms with Gasteiger partial charge >= 0.3 is 6.09 Å². The molecule has 0 radical (unpaired) electrons. The molecule has 2 rings (SSSR count). The fourth-order valence-corrected chi connectivity index (χ4v) is 2.58. The van der Waals surface area contributed by atoms with Crippen LogP contribution in [0.25, 0.3) is 0 Å². The lowest BCUT2D eigenvalue weighted by atomic mass is 9.73. The van der Waals surface area contributed by atoms with Crippen molar-refractivity contribution < 1.29 is 19.4 Å². The summed E-state index contributed by atoms with van der Waals surface area (Å²) in [6.07, 6.45) is 1.09. The summed E-state index contributed by atoms with van der Waals surface area (Å²) in [4.78, 5) is 25.0. The lowest BCUT2D eigenvalue weighted by Crippen LogP contribution is -2.44. The van der Waals surface area contributed by atoms with Crippen LogP contribution in [-0.4, -0.2) is 40.3 Å². The SMILES string of the molecule is CC(C)(C)OC(=O)N1C(=O)C2CCC2C1CO. The van der Waals surface area contributed by atoms with Gasteiger partial charge in [-0.05, 0) is 39.5 Å². The maximum atomic E-state index is 12.0. The van der Waals surface area contributed by atoms with Gasteiger partial charge in [0.1, 0.15) is 5.60 Å². The topological polar surface area (TPSA) is 66.8 Å². The third-order valence-corrected chi connectivity index (χ3v) is 3.49. The van der Waals surface area contributed by atoms with E-state index in [4.69, 9.17) is 4.74 Å². The molecule has 3 unspecified atom stereocenters. The fourth-order valence-electron chi connectivity index (χ4n) is 2.58. The van der Waals surface area contributed by atoms with Gasteiger partial charge in [0, 0.05) is 5.92 Å². The maximum absolute atomic E-state index is 12.0. The van der Waals surface area contributed by atoms with Crippen molar-refractivity contribution in [2.24, 2.45) is 11.8 Å². The number of likely N-dealkylation sites (tertiary alicyclic amines) is 1. The summed E-state index contributed by atoms with van der Waals surface area (Å²) >= 11 is 0. The van der Waals surface area contributed by atoms with Gasteiger partial charge in [0.15, 0.2) is 0 Å². The van der Waals surface area contributed by atoms with Crippen LogP contribution in [0.1, 0.15) is 33.6 Å². The molecule has 0 aromatic heterocycles. The number of rotatable bonds is 1. The Hall–Kier alpha value is -1.10. The minimum absolute atomic E-state index is 0.0836. The first-order chi connectivity index (χ1) is 7.85. The summed E-state index contributed by atoms with van der Waals surface area (Å²) in [6, 6.07) is -0.393. The van der Waals surface area contributed by atoms with Crippen molar-refractivity contribution in [3.8, 4) is 0 Å². The molecule has 1 saturated heterocycles. The number of carbonyl (C=O) groups is 2. The molecule has 1 aliphatic carbocycles. The molecule has 2 fully saturated rings. The third-order valence-electron chi connectivity index (χ3n) is 3.49. The standard InChI is InChI=1S/C12H19NO4/c1-12(2,3)17-11(16)13-9(6-14)7-4-5-8(7)10(13)15/h7-9,14H,4-6H2,1-3H3. The molecule has 0 bridgehead atoms. The predicted octanol–water partition coefficient (Wildman–Crippen LogP) is 1.15. The largest absolute Gasteiger partial charge is 0.443 e. The summed E-state index contributed by atoms with van der Waals surface area (Å²) in [5, 5.41) is 9.32. The van der Waals surface area contributed by atoms with Gasteiger partial charge in [0.25, 0.3) is 0 Å². The van der Waals surface area contributed by atoms with E-state index in [-0.39, 0.29) is 24.3 Å². The van der Waals surface area contributed by atoms with Crippen LogP contribution in [-0.2, 0) is 9.53 Å². The zero-order valence-electron chi connectivity index (χ0n) is 10.5. The number of nitrogens with zero attached hydrogens (tertiary/aromatic N) is 1. The molecule has 96 valence electrons. The molecule has 5 heteroatoms. The van der Waals surface area contributed by atoms with Gasteiger partial charge in [0.2, 0.25) is 5.91 Å². The van der Waals surface area contributed by atoms with Gasteiger partial charge in [-0.1, -0.05) is 0 Å². The zero-order chi connectivity index (χ0) is 12.8. The van der Waals surface area contributed by atoms with Crippen LogP contribution in [0.3, 0.4) is 0 Å². The van der Waals surface area contributed by atoms with E-state index in [0.29, 0.717) is 0 Å². The van der Waals surface area contributed by atoms with Crippen molar-refractivity contribution in [2.45, 2.75) is 45.3 Å². The number of fused-ring (bicyclic) bond motifs is 1. The molecule has 0 aromatic rings. The predicted molar refractivity (Wildman–Crippen MR) is 60.2 cm³/mol. The van der Waals surface area contributed by atoms with Gasteiger partial charge in [-0.3, -0.25) is 4.79 Å². The molecule has 2 aliphatic rings. The average molecular weight is 241 g/mol. The molecule has 3 atom stereocenters. The molecule has 5 nitrogen and oxygen atoms in total. The van der Waals surface area contributed by atoms with Crippen LogP contribution in [0.4, 0.5) is 4.79 Å².